The van der Waals surface area contributed by atoms with E-state index in [1.54, 1.807) is 0 Å². The third-order valence-corrected chi connectivity index (χ3v) is 2.49. The van der Waals surface area contributed by atoms with Crippen molar-refractivity contribution in [1.29, 1.82) is 0 Å². The number of hydrogen-bond acceptors (Lipinski definition) is 2. The second-order valence-corrected chi connectivity index (χ2v) is 5.43. The quantitative estimate of drug-likeness (QED) is 0.368. The van der Waals surface area contributed by atoms with Crippen LogP contribution in [0.5, 0.6) is 0 Å². The van der Waals surface area contributed by atoms with Crippen LogP contribution in [0, 0.1) is 0 Å². The van der Waals surface area contributed by atoms with Crippen LogP contribution in [0.15, 0.2) is 11.6 Å². The van der Waals surface area contributed by atoms with E-state index >= 15 is 0 Å². The Labute approximate surface area is 106 Å². The summed E-state index contributed by atoms with van der Waals surface area (Å²) in [4.78, 5) is 11.8. The van der Waals surface area contributed by atoms with Crippen molar-refractivity contribution < 1.29 is 9.53 Å². The van der Waals surface area contributed by atoms with Crippen molar-refractivity contribution in [3.05, 3.63) is 11.6 Å². The first-order chi connectivity index (χ1) is 7.90. The maximum absolute atomic E-state index is 11.8. The number of carbonyl (C=O) groups is 1. The molecular weight excluding hydrogens is 212 g/mol. The fourth-order valence-electron chi connectivity index (χ4n) is 1.56. The van der Waals surface area contributed by atoms with Crippen LogP contribution in [0.3, 0.4) is 0 Å². The summed E-state index contributed by atoms with van der Waals surface area (Å²) in [6, 6.07) is 0. The molecule has 0 bridgehead atoms. The van der Waals surface area contributed by atoms with Crippen LogP contribution in [0.25, 0.3) is 0 Å². The van der Waals surface area contributed by atoms with Gasteiger partial charge in [0.25, 0.3) is 0 Å². The number of ether oxygens (including phenoxy) is 1. The minimum absolute atomic E-state index is 0.157. The summed E-state index contributed by atoms with van der Waals surface area (Å²) in [6.45, 7) is 9.91. The molecule has 17 heavy (non-hydrogen) atoms. The Balaban J connectivity index is 4.12. The normalized spacial score (nSPS) is 12.6. The Hall–Kier alpha value is -0.790. The zero-order valence-electron chi connectivity index (χ0n) is 12.1. The molecule has 0 unspecified atom stereocenters. The third-order valence-electron chi connectivity index (χ3n) is 2.49. The molecule has 0 rings (SSSR count). The summed E-state index contributed by atoms with van der Waals surface area (Å²) < 4.78 is 5.36. The zero-order chi connectivity index (χ0) is 13.3. The van der Waals surface area contributed by atoms with Crippen molar-refractivity contribution in [2.75, 3.05) is 0 Å². The monoisotopic (exact) mass is 240 g/mol. The van der Waals surface area contributed by atoms with Crippen LogP contribution < -0.4 is 0 Å². The average molecular weight is 240 g/mol. The number of carbonyl (C=O) groups excluding carboxylic acids is 1. The highest BCUT2D eigenvalue weighted by Gasteiger charge is 2.18. The highest BCUT2D eigenvalue weighted by Crippen LogP contribution is 2.14. The second kappa shape index (κ2) is 8.32. The van der Waals surface area contributed by atoms with Gasteiger partial charge in [-0.2, -0.15) is 0 Å². The van der Waals surface area contributed by atoms with E-state index in [2.05, 4.69) is 6.92 Å². The summed E-state index contributed by atoms with van der Waals surface area (Å²) in [5, 5.41) is 0. The molecule has 0 atom stereocenters. The molecular formula is C15H28O2. The molecule has 100 valence electrons. The van der Waals surface area contributed by atoms with E-state index in [-0.39, 0.29) is 5.97 Å². The summed E-state index contributed by atoms with van der Waals surface area (Å²) in [6.07, 6.45) is 8.73. The molecule has 2 nitrogen and oxygen atoms in total. The molecule has 0 heterocycles. The van der Waals surface area contributed by atoms with E-state index in [0.717, 1.165) is 18.4 Å². The van der Waals surface area contributed by atoms with Crippen LogP contribution in [-0.2, 0) is 9.53 Å². The fraction of sp³-hybridized carbons (Fsp3) is 0.800. The van der Waals surface area contributed by atoms with E-state index in [0.29, 0.717) is 0 Å². The average Bonchev–Trinajstić information content (AvgIpc) is 2.20. The highest BCUT2D eigenvalue weighted by molar-refractivity contribution is 5.88. The van der Waals surface area contributed by atoms with Gasteiger partial charge < -0.3 is 4.74 Å². The Morgan fingerprint density at radius 2 is 1.76 bits per heavy atom. The summed E-state index contributed by atoms with van der Waals surface area (Å²) in [5.74, 6) is -0.157. The van der Waals surface area contributed by atoms with Gasteiger partial charge in [-0.25, -0.2) is 4.79 Å². The smallest absolute Gasteiger partial charge is 0.334 e. The molecule has 0 N–H and O–H groups in total. The van der Waals surface area contributed by atoms with Gasteiger partial charge in [-0.1, -0.05) is 39.2 Å². The molecule has 0 aliphatic carbocycles. The Morgan fingerprint density at radius 1 is 1.12 bits per heavy atom. The standard InChI is InChI=1S/C15H28O2/c1-6-8-9-10-11-12-13(7-2)14(16)17-15(3,4)5/h12H,6-11H2,1-5H3. The number of rotatable bonds is 7. The summed E-state index contributed by atoms with van der Waals surface area (Å²) in [5.41, 5.74) is 0.421. The Kier molecular flexibility index (Phi) is 7.94. The van der Waals surface area contributed by atoms with Gasteiger partial charge in [0.2, 0.25) is 0 Å². The number of esters is 1. The molecule has 0 saturated carbocycles. The lowest BCUT2D eigenvalue weighted by atomic mass is 10.1. The van der Waals surface area contributed by atoms with Gasteiger partial charge in [0.15, 0.2) is 0 Å². The van der Waals surface area contributed by atoms with Crippen molar-refractivity contribution in [2.24, 2.45) is 0 Å². The van der Waals surface area contributed by atoms with Crippen LogP contribution in [0.1, 0.15) is 73.1 Å². The Morgan fingerprint density at radius 3 is 2.24 bits per heavy atom. The molecule has 2 heteroatoms. The fourth-order valence-corrected chi connectivity index (χ4v) is 1.56. The highest BCUT2D eigenvalue weighted by atomic mass is 16.6. The lowest BCUT2D eigenvalue weighted by Crippen LogP contribution is -2.24. The van der Waals surface area contributed by atoms with Gasteiger partial charge in [-0.3, -0.25) is 0 Å². The van der Waals surface area contributed by atoms with Crippen LogP contribution in [0.2, 0.25) is 0 Å². The maximum Gasteiger partial charge on any atom is 0.334 e. The van der Waals surface area contributed by atoms with Crippen LogP contribution in [0.4, 0.5) is 0 Å². The second-order valence-electron chi connectivity index (χ2n) is 5.43. The molecule has 0 aromatic rings. The zero-order valence-corrected chi connectivity index (χ0v) is 12.1. The van der Waals surface area contributed by atoms with Gasteiger partial charge in [0, 0.05) is 5.57 Å². The van der Waals surface area contributed by atoms with Gasteiger partial charge in [-0.05, 0) is 40.0 Å². The predicted molar refractivity (Wildman–Crippen MR) is 73.0 cm³/mol. The molecule has 0 aliphatic heterocycles. The third kappa shape index (κ3) is 8.96. The number of unbranched alkanes of at least 4 members (excludes halogenated alkanes) is 4. The van der Waals surface area contributed by atoms with Gasteiger partial charge >= 0.3 is 5.97 Å². The topological polar surface area (TPSA) is 26.3 Å². The van der Waals surface area contributed by atoms with Crippen molar-refractivity contribution in [3.63, 3.8) is 0 Å². The predicted octanol–water partition coefficient (Wildman–Crippen LogP) is 4.63. The van der Waals surface area contributed by atoms with Crippen molar-refractivity contribution in [3.8, 4) is 0 Å². The van der Waals surface area contributed by atoms with Crippen molar-refractivity contribution >= 4 is 5.97 Å². The molecule has 0 radical (unpaired) electrons. The first-order valence-electron chi connectivity index (χ1n) is 6.83. The van der Waals surface area contributed by atoms with Crippen molar-refractivity contribution in [2.45, 2.75) is 78.7 Å². The minimum Gasteiger partial charge on any atom is -0.457 e. The summed E-state index contributed by atoms with van der Waals surface area (Å²) >= 11 is 0. The molecule has 0 saturated heterocycles. The lowest BCUT2D eigenvalue weighted by molar-refractivity contribution is -0.150. The van der Waals surface area contributed by atoms with E-state index in [9.17, 15) is 4.79 Å². The van der Waals surface area contributed by atoms with E-state index in [4.69, 9.17) is 4.74 Å². The molecule has 0 spiro atoms. The lowest BCUT2D eigenvalue weighted by Gasteiger charge is -2.20. The van der Waals surface area contributed by atoms with Crippen molar-refractivity contribution in [1.82, 2.24) is 0 Å². The molecule has 0 fully saturated rings. The Bertz CT molecular complexity index is 246. The van der Waals surface area contributed by atoms with E-state index in [1.807, 2.05) is 33.8 Å². The van der Waals surface area contributed by atoms with E-state index < -0.39 is 5.60 Å². The van der Waals surface area contributed by atoms with E-state index in [1.165, 1.54) is 25.7 Å². The summed E-state index contributed by atoms with van der Waals surface area (Å²) in [7, 11) is 0. The molecule has 0 aromatic carbocycles. The number of hydrogen-bond donors (Lipinski definition) is 0. The first kappa shape index (κ1) is 16.2. The molecule has 0 amide bonds. The maximum atomic E-state index is 11.8. The number of allylic oxidation sites excluding steroid dienone is 1. The van der Waals surface area contributed by atoms with Gasteiger partial charge in [0.1, 0.15) is 5.60 Å². The molecule has 0 aromatic heterocycles. The first-order valence-corrected chi connectivity index (χ1v) is 6.83. The van der Waals surface area contributed by atoms with Gasteiger partial charge in [0.05, 0.1) is 0 Å². The van der Waals surface area contributed by atoms with Crippen LogP contribution >= 0.6 is 0 Å². The van der Waals surface area contributed by atoms with Crippen LogP contribution in [-0.4, -0.2) is 11.6 Å². The minimum atomic E-state index is -0.395. The van der Waals surface area contributed by atoms with Gasteiger partial charge in [-0.15, -0.1) is 0 Å². The largest absolute Gasteiger partial charge is 0.457 e. The SMILES string of the molecule is CCCCCCC=C(CC)C(=O)OC(C)(C)C. The molecule has 0 aliphatic rings.